The topological polar surface area (TPSA) is 78.2 Å². The number of carboxylic acid groups (broad SMARTS) is 1. The molecule has 1 atom stereocenters. The molecule has 0 rings (SSSR count). The highest BCUT2D eigenvalue weighted by molar-refractivity contribution is 8.86. The average molecular weight is 279 g/mol. The van der Waals surface area contributed by atoms with Crippen LogP contribution < -0.4 is 0 Å². The molecule has 1 N–H and O–H groups in total. The Morgan fingerprint density at radius 3 is 2.56 bits per heavy atom. The summed E-state index contributed by atoms with van der Waals surface area (Å²) >= 11 is 1.18. The predicted molar refractivity (Wildman–Crippen MR) is 69.6 cm³/mol. The summed E-state index contributed by atoms with van der Waals surface area (Å²) < 4.78 is -0.878. The number of hydrogen-bond acceptors (Lipinski definition) is 6. The van der Waals surface area contributed by atoms with E-state index in [-0.39, 0.29) is 17.3 Å². The molecule has 0 aliphatic heterocycles. The molecule has 0 radical (unpaired) electrons. The lowest BCUT2D eigenvalue weighted by Gasteiger charge is -2.17. The Labute approximate surface area is 107 Å². The van der Waals surface area contributed by atoms with Crippen LogP contribution in [-0.2, 0) is 4.79 Å². The molecule has 1 unspecified atom stereocenters. The number of carboxylic acids is 1. The maximum Gasteiger partial charge on any atom is 0.303 e. The van der Waals surface area contributed by atoms with Gasteiger partial charge >= 0.3 is 5.97 Å². The Bertz CT molecular complexity index is 303. The van der Waals surface area contributed by atoms with Crippen LogP contribution in [0, 0.1) is 11.3 Å². The number of nitriles is 1. The molecule has 0 aliphatic rings. The van der Waals surface area contributed by atoms with Gasteiger partial charge in [0, 0.05) is 6.42 Å². The zero-order valence-electron chi connectivity index (χ0n) is 9.06. The van der Waals surface area contributed by atoms with E-state index in [1.807, 2.05) is 13.0 Å². The molecular formula is C9H13NO3S3. The molecule has 0 spiro atoms. The Morgan fingerprint density at radius 2 is 2.12 bits per heavy atom. The van der Waals surface area contributed by atoms with E-state index in [9.17, 15) is 9.59 Å². The fourth-order valence-electron chi connectivity index (χ4n) is 0.730. The minimum Gasteiger partial charge on any atom is -0.481 e. The normalized spacial score (nSPS) is 13.8. The van der Waals surface area contributed by atoms with Gasteiger partial charge in [0.25, 0.3) is 4.45 Å². The molecule has 0 aromatic rings. The summed E-state index contributed by atoms with van der Waals surface area (Å²) in [6, 6.07) is 2.05. The molecule has 90 valence electrons. The van der Waals surface area contributed by atoms with Gasteiger partial charge in [-0.15, -0.1) is 0 Å². The maximum atomic E-state index is 11.2. The van der Waals surface area contributed by atoms with Crippen LogP contribution in [0.4, 0.5) is 4.79 Å². The smallest absolute Gasteiger partial charge is 0.303 e. The van der Waals surface area contributed by atoms with Crippen molar-refractivity contribution in [2.75, 3.05) is 5.75 Å². The van der Waals surface area contributed by atoms with E-state index < -0.39 is 10.7 Å². The molecule has 0 amide bonds. The highest BCUT2D eigenvalue weighted by atomic mass is 33.1. The highest BCUT2D eigenvalue weighted by Crippen LogP contribution is 2.41. The first kappa shape index (κ1) is 15.7. The Kier molecular flexibility index (Phi) is 7.72. The van der Waals surface area contributed by atoms with Gasteiger partial charge in [-0.05, 0) is 29.9 Å². The lowest BCUT2D eigenvalue weighted by Crippen LogP contribution is -2.17. The van der Waals surface area contributed by atoms with Crippen LogP contribution >= 0.6 is 33.3 Å². The SMILES string of the molecule is CCSC(=O)SSC(C)(C#N)CCC(=O)O. The largest absolute Gasteiger partial charge is 0.481 e. The van der Waals surface area contributed by atoms with Crippen molar-refractivity contribution >= 4 is 43.8 Å². The average Bonchev–Trinajstić information content (AvgIpc) is 2.24. The van der Waals surface area contributed by atoms with Gasteiger partial charge in [-0.1, -0.05) is 29.5 Å². The van der Waals surface area contributed by atoms with Gasteiger partial charge in [0.05, 0.1) is 6.07 Å². The molecule has 0 aromatic carbocycles. The van der Waals surface area contributed by atoms with Gasteiger partial charge in [-0.2, -0.15) is 5.26 Å². The quantitative estimate of drug-likeness (QED) is 0.746. The molecular weight excluding hydrogens is 266 g/mol. The molecule has 4 nitrogen and oxygen atoms in total. The van der Waals surface area contributed by atoms with Crippen LogP contribution in [0.1, 0.15) is 26.7 Å². The standard InChI is InChI=1S/C9H13NO3S3/c1-3-14-8(13)15-16-9(2,6-10)5-4-7(11)12/h3-5H2,1-2H3,(H,11,12). The summed E-state index contributed by atoms with van der Waals surface area (Å²) in [4.78, 5) is 21.6. The van der Waals surface area contributed by atoms with E-state index in [1.54, 1.807) is 6.92 Å². The molecule has 0 saturated heterocycles. The van der Waals surface area contributed by atoms with Crippen LogP contribution in [-0.4, -0.2) is 26.0 Å². The van der Waals surface area contributed by atoms with E-state index in [1.165, 1.54) is 11.8 Å². The third-order valence-electron chi connectivity index (χ3n) is 1.61. The molecule has 7 heteroatoms. The molecule has 0 bridgehead atoms. The summed E-state index contributed by atoms with van der Waals surface area (Å²) in [6.45, 7) is 3.53. The first-order valence-electron chi connectivity index (χ1n) is 4.59. The Morgan fingerprint density at radius 1 is 1.50 bits per heavy atom. The van der Waals surface area contributed by atoms with Crippen molar-refractivity contribution in [2.24, 2.45) is 0 Å². The number of carbonyl (C=O) groups is 2. The monoisotopic (exact) mass is 279 g/mol. The summed E-state index contributed by atoms with van der Waals surface area (Å²) in [5.74, 6) is -0.230. The number of rotatable bonds is 6. The number of nitrogens with zero attached hydrogens (tertiary/aromatic N) is 1. The van der Waals surface area contributed by atoms with Crippen molar-refractivity contribution in [3.05, 3.63) is 0 Å². The second-order valence-electron chi connectivity index (χ2n) is 3.09. The second-order valence-corrected chi connectivity index (χ2v) is 7.19. The van der Waals surface area contributed by atoms with Crippen molar-refractivity contribution in [3.8, 4) is 6.07 Å². The Hall–Kier alpha value is -0.320. The first-order valence-corrected chi connectivity index (χ1v) is 7.72. The molecule has 0 heterocycles. The van der Waals surface area contributed by atoms with Crippen molar-refractivity contribution in [1.29, 1.82) is 5.26 Å². The zero-order valence-corrected chi connectivity index (χ0v) is 11.5. The summed E-state index contributed by atoms with van der Waals surface area (Å²) in [5, 5.41) is 17.5. The van der Waals surface area contributed by atoms with Crippen LogP contribution in [0.15, 0.2) is 0 Å². The van der Waals surface area contributed by atoms with Crippen molar-refractivity contribution in [3.63, 3.8) is 0 Å². The van der Waals surface area contributed by atoms with Crippen molar-refractivity contribution < 1.29 is 14.7 Å². The fourth-order valence-corrected chi connectivity index (χ4v) is 3.84. The summed E-state index contributed by atoms with van der Waals surface area (Å²) in [5.41, 5.74) is 0. The lowest BCUT2D eigenvalue weighted by molar-refractivity contribution is -0.137. The van der Waals surface area contributed by atoms with E-state index in [0.29, 0.717) is 5.75 Å². The minimum atomic E-state index is -0.929. The summed E-state index contributed by atoms with van der Waals surface area (Å²) in [6.07, 6.45) is 0.174. The van der Waals surface area contributed by atoms with E-state index >= 15 is 0 Å². The van der Waals surface area contributed by atoms with E-state index in [2.05, 4.69) is 0 Å². The van der Waals surface area contributed by atoms with Gasteiger partial charge in [-0.25, -0.2) is 0 Å². The zero-order chi connectivity index (χ0) is 12.6. The molecule has 0 aromatic heterocycles. The molecule has 0 aliphatic carbocycles. The second kappa shape index (κ2) is 7.87. The third-order valence-corrected chi connectivity index (χ3v) is 5.74. The van der Waals surface area contributed by atoms with Crippen molar-refractivity contribution in [1.82, 2.24) is 0 Å². The third kappa shape index (κ3) is 7.04. The van der Waals surface area contributed by atoms with E-state index in [4.69, 9.17) is 10.4 Å². The predicted octanol–water partition coefficient (Wildman–Crippen LogP) is 3.39. The van der Waals surface area contributed by atoms with Crippen molar-refractivity contribution in [2.45, 2.75) is 31.4 Å². The fraction of sp³-hybridized carbons (Fsp3) is 0.667. The first-order chi connectivity index (χ1) is 7.43. The number of carbonyl (C=O) groups excluding carboxylic acids is 1. The lowest BCUT2D eigenvalue weighted by atomic mass is 10.1. The van der Waals surface area contributed by atoms with Gasteiger partial charge in [-0.3, -0.25) is 9.59 Å². The van der Waals surface area contributed by atoms with Gasteiger partial charge in [0.15, 0.2) is 0 Å². The van der Waals surface area contributed by atoms with E-state index in [0.717, 1.165) is 21.6 Å². The van der Waals surface area contributed by atoms with Gasteiger partial charge in [0.2, 0.25) is 0 Å². The number of hydrogen-bond donors (Lipinski definition) is 1. The van der Waals surface area contributed by atoms with Crippen LogP contribution in [0.3, 0.4) is 0 Å². The molecule has 0 fully saturated rings. The number of aliphatic carboxylic acids is 1. The maximum absolute atomic E-state index is 11.2. The highest BCUT2D eigenvalue weighted by Gasteiger charge is 2.27. The van der Waals surface area contributed by atoms with Crippen LogP contribution in [0.5, 0.6) is 0 Å². The van der Waals surface area contributed by atoms with Crippen LogP contribution in [0.2, 0.25) is 0 Å². The summed E-state index contributed by atoms with van der Waals surface area (Å²) in [7, 11) is 2.15. The number of thioether (sulfide) groups is 1. The minimum absolute atomic E-state index is 0.0516. The van der Waals surface area contributed by atoms with Gasteiger partial charge in [0.1, 0.15) is 4.75 Å². The van der Waals surface area contributed by atoms with Gasteiger partial charge < -0.3 is 5.11 Å². The molecule has 0 saturated carbocycles. The molecule has 16 heavy (non-hydrogen) atoms. The van der Waals surface area contributed by atoms with Crippen LogP contribution in [0.25, 0.3) is 0 Å². The Balaban J connectivity index is 4.12.